The first-order valence-corrected chi connectivity index (χ1v) is 13.5. The second-order valence-corrected chi connectivity index (χ2v) is 10.2. The van der Waals surface area contributed by atoms with E-state index in [9.17, 15) is 28.8 Å². The minimum absolute atomic E-state index is 0.127. The number of carboxylic acids is 2. The molecule has 2 N–H and O–H groups in total. The van der Waals surface area contributed by atoms with Crippen molar-refractivity contribution < 1.29 is 39.0 Å². The van der Waals surface area contributed by atoms with Crippen LogP contribution in [0, 0.1) is 0 Å². The smallest absolute Gasteiger partial charge is 0.317 e. The van der Waals surface area contributed by atoms with E-state index in [0.29, 0.717) is 73.9 Å². The lowest BCUT2D eigenvalue weighted by molar-refractivity contribution is -0.137. The fourth-order valence-electron chi connectivity index (χ4n) is 4.32. The molecule has 206 valence electrons. The van der Waals surface area contributed by atoms with Crippen molar-refractivity contribution in [1.29, 1.82) is 0 Å². The number of amides is 4. The van der Waals surface area contributed by atoms with Gasteiger partial charge in [-0.3, -0.25) is 38.6 Å². The van der Waals surface area contributed by atoms with E-state index in [1.54, 1.807) is 48.5 Å². The third-order valence-corrected chi connectivity index (χ3v) is 7.24. The minimum atomic E-state index is -0.897. The van der Waals surface area contributed by atoms with Crippen molar-refractivity contribution in [3.05, 3.63) is 70.8 Å². The quantitative estimate of drug-likeness (QED) is 0.209. The predicted octanol–water partition coefficient (Wildman–Crippen LogP) is 4.23. The first-order valence-electron chi connectivity index (χ1n) is 12.6. The molecule has 4 rings (SSSR count). The van der Waals surface area contributed by atoms with E-state index in [4.69, 9.17) is 10.2 Å². The molecule has 2 aliphatic heterocycles. The van der Waals surface area contributed by atoms with E-state index in [0.717, 1.165) is 0 Å². The molecule has 0 saturated heterocycles. The Morgan fingerprint density at radius 1 is 0.641 bits per heavy atom. The van der Waals surface area contributed by atoms with Gasteiger partial charge in [0, 0.05) is 19.5 Å². The van der Waals surface area contributed by atoms with Gasteiger partial charge in [0.15, 0.2) is 0 Å². The standard InChI is InChI=1S/C14H14BrNO4.C14H15NO4/c15-11(14(19)20)7-3-4-8-16-12(17)9-5-1-2-6-10(9)13(16)18;16-12(17)8-2-1-5-9-15-13(18)10-6-3-4-7-11(10)14(15)19/h1-2,5-6,11H,3-4,7-8H2,(H,19,20);3-4,6-7H,1-2,5,8-9H2,(H,16,17). The molecule has 2 aromatic carbocycles. The maximum Gasteiger partial charge on any atom is 0.317 e. The fourth-order valence-corrected chi connectivity index (χ4v) is 4.65. The summed E-state index contributed by atoms with van der Waals surface area (Å²) in [6, 6.07) is 13.5. The third-order valence-electron chi connectivity index (χ3n) is 6.39. The molecule has 1 atom stereocenters. The highest BCUT2D eigenvalue weighted by Crippen LogP contribution is 2.24. The van der Waals surface area contributed by atoms with E-state index in [-0.39, 0.29) is 30.0 Å². The van der Waals surface area contributed by atoms with Crippen molar-refractivity contribution in [2.75, 3.05) is 13.1 Å². The predicted molar refractivity (Wildman–Crippen MR) is 144 cm³/mol. The average Bonchev–Trinajstić information content (AvgIpc) is 3.31. The molecule has 4 amide bonds. The van der Waals surface area contributed by atoms with Crippen LogP contribution in [0.4, 0.5) is 0 Å². The van der Waals surface area contributed by atoms with E-state index >= 15 is 0 Å². The number of carboxylic acid groups (broad SMARTS) is 2. The van der Waals surface area contributed by atoms with Crippen molar-refractivity contribution in [2.45, 2.75) is 49.8 Å². The summed E-state index contributed by atoms with van der Waals surface area (Å²) in [6.45, 7) is 0.678. The number of rotatable bonds is 12. The van der Waals surface area contributed by atoms with Crippen molar-refractivity contribution in [2.24, 2.45) is 0 Å². The van der Waals surface area contributed by atoms with Crippen molar-refractivity contribution in [1.82, 2.24) is 9.80 Å². The summed E-state index contributed by atoms with van der Waals surface area (Å²) in [5, 5.41) is 17.2. The number of alkyl halides is 1. The third kappa shape index (κ3) is 7.38. The Labute approximate surface area is 233 Å². The highest BCUT2D eigenvalue weighted by molar-refractivity contribution is 9.10. The second kappa shape index (κ2) is 13.8. The molecule has 0 radical (unpaired) electrons. The lowest BCUT2D eigenvalue weighted by atomic mass is 10.1. The van der Waals surface area contributed by atoms with Crippen LogP contribution < -0.4 is 0 Å². The Balaban J connectivity index is 0.000000216. The van der Waals surface area contributed by atoms with Gasteiger partial charge in [-0.1, -0.05) is 46.6 Å². The minimum Gasteiger partial charge on any atom is -0.481 e. The fraction of sp³-hybridized carbons (Fsp3) is 0.357. The van der Waals surface area contributed by atoms with Gasteiger partial charge in [-0.25, -0.2) is 0 Å². The molecule has 0 bridgehead atoms. The van der Waals surface area contributed by atoms with Crippen LogP contribution in [0.15, 0.2) is 48.5 Å². The van der Waals surface area contributed by atoms with Gasteiger partial charge in [-0.15, -0.1) is 0 Å². The summed E-state index contributed by atoms with van der Waals surface area (Å²) in [5.41, 5.74) is 1.80. The number of halogens is 1. The van der Waals surface area contributed by atoms with Gasteiger partial charge < -0.3 is 10.2 Å². The number of benzene rings is 2. The molecule has 1 unspecified atom stereocenters. The number of carbonyl (C=O) groups excluding carboxylic acids is 4. The Morgan fingerprint density at radius 2 is 1.03 bits per heavy atom. The lowest BCUT2D eigenvalue weighted by Gasteiger charge is -2.13. The van der Waals surface area contributed by atoms with Crippen LogP contribution in [0.2, 0.25) is 0 Å². The summed E-state index contributed by atoms with van der Waals surface area (Å²) in [6.07, 6.45) is 3.73. The Hall–Kier alpha value is -3.86. The lowest BCUT2D eigenvalue weighted by Crippen LogP contribution is -2.30. The van der Waals surface area contributed by atoms with Crippen LogP contribution in [-0.2, 0) is 9.59 Å². The van der Waals surface area contributed by atoms with Crippen molar-refractivity contribution >= 4 is 51.5 Å². The number of fused-ring (bicyclic) bond motifs is 2. The number of aliphatic carboxylic acids is 2. The van der Waals surface area contributed by atoms with E-state index in [1.165, 1.54) is 9.80 Å². The van der Waals surface area contributed by atoms with Crippen LogP contribution in [0.25, 0.3) is 0 Å². The first-order chi connectivity index (χ1) is 18.6. The molecular formula is C28H29BrN2O8. The van der Waals surface area contributed by atoms with Gasteiger partial charge in [0.2, 0.25) is 0 Å². The van der Waals surface area contributed by atoms with Gasteiger partial charge in [0.25, 0.3) is 23.6 Å². The maximum atomic E-state index is 12.0. The average molecular weight is 601 g/mol. The van der Waals surface area contributed by atoms with Crippen LogP contribution in [-0.4, -0.2) is 73.5 Å². The van der Waals surface area contributed by atoms with Crippen molar-refractivity contribution in [3.63, 3.8) is 0 Å². The topological polar surface area (TPSA) is 149 Å². The number of hydrogen-bond acceptors (Lipinski definition) is 6. The molecule has 10 nitrogen and oxygen atoms in total. The first kappa shape index (κ1) is 29.7. The van der Waals surface area contributed by atoms with Crippen molar-refractivity contribution in [3.8, 4) is 0 Å². The van der Waals surface area contributed by atoms with E-state index in [1.807, 2.05) is 0 Å². The van der Waals surface area contributed by atoms with Crippen LogP contribution in [0.3, 0.4) is 0 Å². The molecule has 0 aromatic heterocycles. The number of carbonyl (C=O) groups is 6. The van der Waals surface area contributed by atoms with Gasteiger partial charge in [0.05, 0.1) is 22.3 Å². The van der Waals surface area contributed by atoms with E-state index in [2.05, 4.69) is 15.9 Å². The molecular weight excluding hydrogens is 572 g/mol. The number of hydrogen-bond donors (Lipinski definition) is 2. The van der Waals surface area contributed by atoms with Gasteiger partial charge in [-0.2, -0.15) is 0 Å². The molecule has 11 heteroatoms. The number of unbranched alkanes of at least 4 members (excludes halogenated alkanes) is 3. The summed E-state index contributed by atoms with van der Waals surface area (Å²) < 4.78 is 0. The normalized spacial score (nSPS) is 14.6. The monoisotopic (exact) mass is 600 g/mol. The van der Waals surface area contributed by atoms with Gasteiger partial charge in [0.1, 0.15) is 4.83 Å². The summed E-state index contributed by atoms with van der Waals surface area (Å²) >= 11 is 3.06. The van der Waals surface area contributed by atoms with Gasteiger partial charge in [-0.05, 0) is 56.4 Å². The Kier molecular flexibility index (Phi) is 10.5. The molecule has 2 heterocycles. The summed E-state index contributed by atoms with van der Waals surface area (Å²) in [7, 11) is 0. The highest BCUT2D eigenvalue weighted by atomic mass is 79.9. The molecule has 39 heavy (non-hydrogen) atoms. The number of nitrogens with zero attached hydrogens (tertiary/aromatic N) is 2. The van der Waals surface area contributed by atoms with Crippen LogP contribution in [0.5, 0.6) is 0 Å². The largest absolute Gasteiger partial charge is 0.481 e. The second-order valence-electron chi connectivity index (χ2n) is 9.12. The molecule has 0 aliphatic carbocycles. The zero-order chi connectivity index (χ0) is 28.5. The molecule has 2 aromatic rings. The Bertz CT molecular complexity index is 1210. The Morgan fingerprint density at radius 3 is 1.38 bits per heavy atom. The van der Waals surface area contributed by atoms with E-state index < -0.39 is 16.8 Å². The maximum absolute atomic E-state index is 12.0. The highest BCUT2D eigenvalue weighted by Gasteiger charge is 2.35. The molecule has 2 aliphatic rings. The number of imide groups is 2. The SMILES string of the molecule is O=C(O)C(Br)CCCCN1C(=O)c2ccccc2C1=O.O=C(O)CCCCCN1C(=O)c2ccccc2C1=O. The van der Waals surface area contributed by atoms with Crippen LogP contribution >= 0.6 is 15.9 Å². The summed E-state index contributed by atoms with van der Waals surface area (Å²) in [5.74, 6) is -2.75. The molecule has 0 spiro atoms. The molecule has 0 saturated carbocycles. The summed E-state index contributed by atoms with van der Waals surface area (Å²) in [4.78, 5) is 71.0. The zero-order valence-electron chi connectivity index (χ0n) is 21.2. The van der Waals surface area contributed by atoms with Gasteiger partial charge >= 0.3 is 11.9 Å². The molecule has 0 fully saturated rings. The zero-order valence-corrected chi connectivity index (χ0v) is 22.8. The van der Waals surface area contributed by atoms with Crippen LogP contribution in [0.1, 0.15) is 86.4 Å².